The first kappa shape index (κ1) is 7.28. The lowest BCUT2D eigenvalue weighted by atomic mass is 10.2. The van der Waals surface area contributed by atoms with Gasteiger partial charge in [0.15, 0.2) is 0 Å². The summed E-state index contributed by atoms with van der Waals surface area (Å²) in [4.78, 5) is 4.16. The summed E-state index contributed by atoms with van der Waals surface area (Å²) >= 11 is 0. The van der Waals surface area contributed by atoms with Crippen molar-refractivity contribution in [1.82, 2.24) is 14.6 Å². The third-order valence-electron chi connectivity index (χ3n) is 2.10. The Morgan fingerprint density at radius 3 is 3.08 bits per heavy atom. The molecule has 0 bridgehead atoms. The smallest absolute Gasteiger partial charge is 0.136 e. The van der Waals surface area contributed by atoms with Gasteiger partial charge in [-0.05, 0) is 25.0 Å². The Morgan fingerprint density at radius 1 is 1.50 bits per heavy atom. The molecule has 0 amide bonds. The molecule has 2 aromatic heterocycles. The Hall–Kier alpha value is -1.38. The van der Waals surface area contributed by atoms with Crippen LogP contribution in [0.2, 0.25) is 0 Å². The molecule has 2 heterocycles. The maximum absolute atomic E-state index is 4.16. The molecule has 0 aliphatic carbocycles. The van der Waals surface area contributed by atoms with Crippen LogP contribution in [0.5, 0.6) is 0 Å². The van der Waals surface area contributed by atoms with Crippen LogP contribution in [0.1, 0.15) is 18.2 Å². The lowest BCUT2D eigenvalue weighted by Crippen LogP contribution is -1.95. The van der Waals surface area contributed by atoms with Gasteiger partial charge >= 0.3 is 0 Å². The zero-order valence-corrected chi connectivity index (χ0v) is 7.28. The van der Waals surface area contributed by atoms with Crippen molar-refractivity contribution in [2.24, 2.45) is 0 Å². The van der Waals surface area contributed by atoms with Gasteiger partial charge in [-0.2, -0.15) is 5.10 Å². The standard InChI is InChI=1S/C9H11N3/c1-3-8-4-5-12-9(8)7(2)10-6-11-12/h4-6H,3H2,1-2H3. The van der Waals surface area contributed by atoms with E-state index < -0.39 is 0 Å². The van der Waals surface area contributed by atoms with Gasteiger partial charge in [-0.15, -0.1) is 0 Å². The van der Waals surface area contributed by atoms with Crippen molar-refractivity contribution in [2.45, 2.75) is 20.3 Å². The first-order valence-corrected chi connectivity index (χ1v) is 4.10. The van der Waals surface area contributed by atoms with Crippen LogP contribution in [0.4, 0.5) is 0 Å². The summed E-state index contributed by atoms with van der Waals surface area (Å²) in [6, 6.07) is 2.09. The molecule has 0 atom stereocenters. The highest BCUT2D eigenvalue weighted by molar-refractivity contribution is 5.58. The Kier molecular flexibility index (Phi) is 1.57. The van der Waals surface area contributed by atoms with E-state index in [4.69, 9.17) is 0 Å². The second-order valence-corrected chi connectivity index (χ2v) is 2.83. The van der Waals surface area contributed by atoms with Crippen LogP contribution in [0.3, 0.4) is 0 Å². The van der Waals surface area contributed by atoms with E-state index in [9.17, 15) is 0 Å². The van der Waals surface area contributed by atoms with E-state index in [0.29, 0.717) is 0 Å². The summed E-state index contributed by atoms with van der Waals surface area (Å²) in [6.45, 7) is 4.15. The highest BCUT2D eigenvalue weighted by Gasteiger charge is 2.03. The van der Waals surface area contributed by atoms with Gasteiger partial charge in [0, 0.05) is 6.20 Å². The fourth-order valence-electron chi connectivity index (χ4n) is 1.47. The zero-order chi connectivity index (χ0) is 8.55. The quantitative estimate of drug-likeness (QED) is 0.636. The normalized spacial score (nSPS) is 10.8. The molecule has 0 fully saturated rings. The summed E-state index contributed by atoms with van der Waals surface area (Å²) in [7, 11) is 0. The number of nitrogens with zero attached hydrogens (tertiary/aromatic N) is 3. The summed E-state index contributed by atoms with van der Waals surface area (Å²) in [5.41, 5.74) is 3.51. The van der Waals surface area contributed by atoms with Crippen molar-refractivity contribution in [3.8, 4) is 0 Å². The molecule has 2 rings (SSSR count). The molecule has 0 aromatic carbocycles. The average molecular weight is 161 g/mol. The fourth-order valence-corrected chi connectivity index (χ4v) is 1.47. The highest BCUT2D eigenvalue weighted by atomic mass is 15.2. The molecule has 62 valence electrons. The lowest BCUT2D eigenvalue weighted by molar-refractivity contribution is 0.884. The van der Waals surface area contributed by atoms with Crippen LogP contribution in [0.25, 0.3) is 5.52 Å². The minimum atomic E-state index is 1.03. The molecule has 0 aliphatic rings. The Morgan fingerprint density at radius 2 is 2.33 bits per heavy atom. The van der Waals surface area contributed by atoms with Gasteiger partial charge in [-0.3, -0.25) is 0 Å². The Bertz CT molecular complexity index is 403. The largest absolute Gasteiger partial charge is 0.238 e. The van der Waals surface area contributed by atoms with Crippen molar-refractivity contribution in [3.63, 3.8) is 0 Å². The number of hydrogen-bond acceptors (Lipinski definition) is 2. The molecule has 0 N–H and O–H groups in total. The number of fused-ring (bicyclic) bond motifs is 1. The third-order valence-corrected chi connectivity index (χ3v) is 2.10. The number of aromatic nitrogens is 3. The van der Waals surface area contributed by atoms with Gasteiger partial charge in [-0.1, -0.05) is 6.92 Å². The van der Waals surface area contributed by atoms with Gasteiger partial charge in [0.2, 0.25) is 0 Å². The van der Waals surface area contributed by atoms with Gasteiger partial charge in [0.1, 0.15) is 6.33 Å². The van der Waals surface area contributed by atoms with Crippen molar-refractivity contribution in [3.05, 3.63) is 29.8 Å². The molecule has 12 heavy (non-hydrogen) atoms. The van der Waals surface area contributed by atoms with Crippen molar-refractivity contribution >= 4 is 5.52 Å². The monoisotopic (exact) mass is 161 g/mol. The molecule has 2 aromatic rings. The van der Waals surface area contributed by atoms with Crippen LogP contribution < -0.4 is 0 Å². The molecule has 3 heteroatoms. The third kappa shape index (κ3) is 0.897. The summed E-state index contributed by atoms with van der Waals surface area (Å²) < 4.78 is 1.88. The van der Waals surface area contributed by atoms with Crippen LogP contribution in [0.15, 0.2) is 18.6 Å². The Balaban J connectivity index is 2.83. The molecule has 0 unspecified atom stereocenters. The van der Waals surface area contributed by atoms with Crippen molar-refractivity contribution < 1.29 is 0 Å². The number of hydrogen-bond donors (Lipinski definition) is 0. The van der Waals surface area contributed by atoms with E-state index >= 15 is 0 Å². The molecule has 0 radical (unpaired) electrons. The topological polar surface area (TPSA) is 30.2 Å². The number of aryl methyl sites for hydroxylation is 2. The zero-order valence-electron chi connectivity index (χ0n) is 7.28. The molecule has 0 spiro atoms. The molecule has 0 saturated carbocycles. The predicted octanol–water partition coefficient (Wildman–Crippen LogP) is 1.60. The van der Waals surface area contributed by atoms with E-state index in [1.54, 1.807) is 6.33 Å². The van der Waals surface area contributed by atoms with Gasteiger partial charge in [-0.25, -0.2) is 9.50 Å². The molecule has 0 aliphatic heterocycles. The minimum Gasteiger partial charge on any atom is -0.238 e. The van der Waals surface area contributed by atoms with Gasteiger partial charge in [0.25, 0.3) is 0 Å². The van der Waals surface area contributed by atoms with Gasteiger partial charge < -0.3 is 0 Å². The van der Waals surface area contributed by atoms with Crippen molar-refractivity contribution in [1.29, 1.82) is 0 Å². The lowest BCUT2D eigenvalue weighted by Gasteiger charge is -1.98. The van der Waals surface area contributed by atoms with E-state index in [-0.39, 0.29) is 0 Å². The second-order valence-electron chi connectivity index (χ2n) is 2.83. The van der Waals surface area contributed by atoms with Crippen LogP contribution >= 0.6 is 0 Å². The SMILES string of the molecule is CCc1ccn2ncnc(C)c12. The van der Waals surface area contributed by atoms with E-state index in [2.05, 4.69) is 23.1 Å². The van der Waals surface area contributed by atoms with Crippen LogP contribution in [0, 0.1) is 6.92 Å². The average Bonchev–Trinajstić information content (AvgIpc) is 2.49. The van der Waals surface area contributed by atoms with Gasteiger partial charge in [0.05, 0.1) is 11.2 Å². The molecule has 0 saturated heterocycles. The minimum absolute atomic E-state index is 1.03. The molecular formula is C9H11N3. The first-order chi connectivity index (χ1) is 5.83. The summed E-state index contributed by atoms with van der Waals surface area (Å²) in [5.74, 6) is 0. The Labute approximate surface area is 71.1 Å². The first-order valence-electron chi connectivity index (χ1n) is 4.10. The molecular weight excluding hydrogens is 150 g/mol. The second kappa shape index (κ2) is 2.59. The van der Waals surface area contributed by atoms with E-state index in [1.165, 1.54) is 5.56 Å². The predicted molar refractivity (Wildman–Crippen MR) is 47.1 cm³/mol. The van der Waals surface area contributed by atoms with Crippen LogP contribution in [-0.4, -0.2) is 14.6 Å². The van der Waals surface area contributed by atoms with E-state index in [0.717, 1.165) is 17.6 Å². The van der Waals surface area contributed by atoms with E-state index in [1.807, 2.05) is 17.6 Å². The maximum atomic E-state index is 4.16. The molecule has 3 nitrogen and oxygen atoms in total. The fraction of sp³-hybridized carbons (Fsp3) is 0.333. The number of rotatable bonds is 1. The highest BCUT2D eigenvalue weighted by Crippen LogP contribution is 2.13. The summed E-state index contributed by atoms with van der Waals surface area (Å²) in [5, 5.41) is 4.12. The van der Waals surface area contributed by atoms with Crippen LogP contribution in [-0.2, 0) is 6.42 Å². The summed E-state index contributed by atoms with van der Waals surface area (Å²) in [6.07, 6.45) is 4.59. The maximum Gasteiger partial charge on any atom is 0.136 e. The van der Waals surface area contributed by atoms with Crippen molar-refractivity contribution in [2.75, 3.05) is 0 Å².